The van der Waals surface area contributed by atoms with Gasteiger partial charge in [-0.25, -0.2) is 22.8 Å². The van der Waals surface area contributed by atoms with Crippen molar-refractivity contribution in [3.8, 4) is 11.5 Å². The highest BCUT2D eigenvalue weighted by atomic mass is 19.3. The molecule has 3 amide bonds. The van der Waals surface area contributed by atoms with Crippen LogP contribution < -0.4 is 16.0 Å². The highest BCUT2D eigenvalue weighted by Crippen LogP contribution is 2.52. The molecule has 3 aliphatic heterocycles. The van der Waals surface area contributed by atoms with E-state index in [1.165, 1.54) is 12.1 Å². The summed E-state index contributed by atoms with van der Waals surface area (Å²) in [7, 11) is 0. The van der Waals surface area contributed by atoms with E-state index in [4.69, 9.17) is 24.8 Å². The number of rotatable bonds is 6. The summed E-state index contributed by atoms with van der Waals surface area (Å²) < 4.78 is 65.0. The third kappa shape index (κ3) is 7.74. The summed E-state index contributed by atoms with van der Waals surface area (Å²) in [5.41, 5.74) is 2.63. The van der Waals surface area contributed by atoms with Crippen molar-refractivity contribution >= 4 is 29.6 Å². The lowest BCUT2D eigenvalue weighted by Crippen LogP contribution is -2.61. The van der Waals surface area contributed by atoms with E-state index >= 15 is 13.2 Å². The zero-order valence-electron chi connectivity index (χ0n) is 30.2. The van der Waals surface area contributed by atoms with E-state index in [2.05, 4.69) is 20.7 Å². The molecule has 2 aromatic carbocycles. The van der Waals surface area contributed by atoms with Crippen LogP contribution >= 0.6 is 0 Å². The number of anilines is 1. The molecule has 1 unspecified atom stereocenters. The molecule has 2 bridgehead atoms. The van der Waals surface area contributed by atoms with Crippen molar-refractivity contribution in [1.29, 1.82) is 0 Å². The molecule has 3 fully saturated rings. The van der Waals surface area contributed by atoms with Gasteiger partial charge < -0.3 is 39.9 Å². The van der Waals surface area contributed by atoms with E-state index in [1.807, 2.05) is 0 Å². The minimum absolute atomic E-state index is 0.164. The van der Waals surface area contributed by atoms with Crippen molar-refractivity contribution in [3.63, 3.8) is 0 Å². The second-order valence-corrected chi connectivity index (χ2v) is 15.9. The number of nitrogens with one attached hydrogen (secondary N) is 1. The van der Waals surface area contributed by atoms with Crippen LogP contribution in [0.5, 0.6) is 0 Å². The minimum Gasteiger partial charge on any atom is -0.444 e. The van der Waals surface area contributed by atoms with Gasteiger partial charge in [0.25, 0.3) is 11.8 Å². The first-order valence-electron chi connectivity index (χ1n) is 17.1. The van der Waals surface area contributed by atoms with Crippen LogP contribution in [-0.4, -0.2) is 74.6 Å². The number of fused-ring (bicyclic) bond motifs is 3. The minimum atomic E-state index is -3.80. The van der Waals surface area contributed by atoms with E-state index in [9.17, 15) is 14.4 Å². The fraction of sp³-hybridized carbons (Fsp3) is 0.500. The van der Waals surface area contributed by atoms with Crippen molar-refractivity contribution in [3.05, 3.63) is 64.8 Å². The van der Waals surface area contributed by atoms with E-state index in [0.717, 1.165) is 11.0 Å². The number of oxime groups is 1. The number of carbonyl (C=O) groups excluding carboxylic acids is 3. The summed E-state index contributed by atoms with van der Waals surface area (Å²) in [6.07, 6.45) is -1.45. The number of piperidine rings is 2. The predicted molar refractivity (Wildman–Crippen MR) is 184 cm³/mol. The van der Waals surface area contributed by atoms with E-state index < -0.39 is 64.5 Å². The Labute approximate surface area is 303 Å². The summed E-state index contributed by atoms with van der Waals surface area (Å²) in [6, 6.07) is 6.03. The quantitative estimate of drug-likeness (QED) is 0.121. The normalized spacial score (nSPS) is 22.7. The van der Waals surface area contributed by atoms with Gasteiger partial charge in [0.05, 0.1) is 23.2 Å². The van der Waals surface area contributed by atoms with Gasteiger partial charge in [0.2, 0.25) is 11.8 Å². The Morgan fingerprint density at radius 1 is 1.06 bits per heavy atom. The summed E-state index contributed by atoms with van der Waals surface area (Å²) in [4.78, 5) is 42.4. The van der Waals surface area contributed by atoms with Crippen LogP contribution in [0.25, 0.3) is 11.5 Å². The second-order valence-electron chi connectivity index (χ2n) is 15.9. The first-order chi connectivity index (χ1) is 24.7. The van der Waals surface area contributed by atoms with Gasteiger partial charge in [0.1, 0.15) is 23.1 Å². The number of nitrogens with two attached hydrogens (primary N) is 1. The molecule has 7 rings (SSSR count). The topological polar surface area (TPSA) is 186 Å². The number of nitrogens with zero attached hydrogens (tertiary/aromatic N) is 5. The van der Waals surface area contributed by atoms with Gasteiger partial charge in [-0.1, -0.05) is 29.4 Å². The number of amidine groups is 1. The summed E-state index contributed by atoms with van der Waals surface area (Å²) >= 11 is 0. The lowest BCUT2D eigenvalue weighted by molar-refractivity contribution is -0.123. The SMILES string of the molecule is CC(C)(C)OC(=O)NC1CC(F)(F)c2cc(F)c(-c3nnc(C45CC(CN(C(=O)OC(C)(C)C)C4)C5)o3)cc2N(Cc2ccc(/C(N)=N/O)cc2)C1=O. The molecule has 2 saturated heterocycles. The molecule has 1 saturated carbocycles. The first kappa shape index (κ1) is 37.4. The van der Waals surface area contributed by atoms with Crippen LogP contribution in [0.3, 0.4) is 0 Å². The molecule has 4 aliphatic rings. The lowest BCUT2D eigenvalue weighted by Gasteiger charge is -2.54. The van der Waals surface area contributed by atoms with Gasteiger partial charge in [-0.15, -0.1) is 10.2 Å². The number of aromatic nitrogens is 2. The number of carbonyl (C=O) groups is 3. The van der Waals surface area contributed by atoms with Gasteiger partial charge in [-0.2, -0.15) is 0 Å². The molecule has 284 valence electrons. The summed E-state index contributed by atoms with van der Waals surface area (Å²) in [6.45, 7) is 10.5. The molecule has 53 heavy (non-hydrogen) atoms. The van der Waals surface area contributed by atoms with E-state index in [1.54, 1.807) is 58.6 Å². The second kappa shape index (κ2) is 13.3. The molecule has 14 nitrogen and oxygen atoms in total. The molecule has 1 aliphatic carbocycles. The van der Waals surface area contributed by atoms with Gasteiger partial charge in [-0.05, 0) is 78.0 Å². The third-order valence-electron chi connectivity index (χ3n) is 9.28. The first-order valence-corrected chi connectivity index (χ1v) is 17.1. The molecule has 4 N–H and O–H groups in total. The lowest BCUT2D eigenvalue weighted by atomic mass is 9.58. The van der Waals surface area contributed by atoms with Crippen molar-refractivity contribution in [2.24, 2.45) is 16.8 Å². The van der Waals surface area contributed by atoms with Gasteiger partial charge in [0.15, 0.2) is 5.84 Å². The summed E-state index contributed by atoms with van der Waals surface area (Å²) in [5, 5.41) is 22.6. The Kier molecular flexibility index (Phi) is 9.35. The number of ether oxygens (including phenoxy) is 2. The van der Waals surface area contributed by atoms with Crippen LogP contribution in [0.4, 0.5) is 28.4 Å². The van der Waals surface area contributed by atoms with Crippen molar-refractivity contribution in [2.45, 2.75) is 95.9 Å². The molecule has 1 aromatic heterocycles. The zero-order valence-corrected chi connectivity index (χ0v) is 30.2. The van der Waals surface area contributed by atoms with Crippen molar-refractivity contribution < 1.29 is 46.7 Å². The van der Waals surface area contributed by atoms with Crippen molar-refractivity contribution in [1.82, 2.24) is 20.4 Å². The molecule has 17 heteroatoms. The average molecular weight is 742 g/mol. The molecule has 4 heterocycles. The zero-order chi connectivity index (χ0) is 38.7. The Balaban J connectivity index is 1.37. The highest BCUT2D eigenvalue weighted by molar-refractivity contribution is 6.01. The number of amides is 3. The largest absolute Gasteiger partial charge is 0.444 e. The van der Waals surface area contributed by atoms with E-state index in [-0.39, 0.29) is 47.9 Å². The Bertz CT molecular complexity index is 1950. The van der Waals surface area contributed by atoms with Crippen LogP contribution in [0.15, 0.2) is 46.0 Å². The maximum Gasteiger partial charge on any atom is 0.410 e. The highest BCUT2D eigenvalue weighted by Gasteiger charge is 2.56. The molecule has 0 radical (unpaired) electrons. The maximum absolute atomic E-state index is 16.1. The molecular formula is C36H42F3N7O7. The smallest absolute Gasteiger partial charge is 0.410 e. The standard InChI is InChI=1S/C36H42F3N7O7/c1-33(2,3)52-31(48)41-25-15-36(38,39)23-12-24(37)22(11-26(23)46(29(25)47)17-19-7-9-21(10-8-19)27(40)44-50)28-42-43-30(51-28)35-13-20(14-35)16-45(18-35)32(49)53-34(4,5)6/h7-12,20,25,50H,13-18H2,1-6H3,(H2,40,44)(H,41,48). The average Bonchev–Trinajstić information content (AvgIpc) is 3.53. The Hall–Kier alpha value is -5.35. The molecular weight excluding hydrogens is 699 g/mol. The molecule has 1 atom stereocenters. The number of benzene rings is 2. The fourth-order valence-electron chi connectivity index (χ4n) is 7.05. The fourth-order valence-corrected chi connectivity index (χ4v) is 7.05. The van der Waals surface area contributed by atoms with Crippen LogP contribution in [-0.2, 0) is 32.2 Å². The monoisotopic (exact) mass is 741 g/mol. The van der Waals surface area contributed by atoms with Crippen LogP contribution in [0, 0.1) is 11.7 Å². The Morgan fingerprint density at radius 2 is 1.72 bits per heavy atom. The Morgan fingerprint density at radius 3 is 2.34 bits per heavy atom. The number of alkyl carbamates (subject to hydrolysis) is 1. The van der Waals surface area contributed by atoms with E-state index in [0.29, 0.717) is 36.6 Å². The van der Waals surface area contributed by atoms with Crippen LogP contribution in [0.1, 0.15) is 83.4 Å². The van der Waals surface area contributed by atoms with Crippen molar-refractivity contribution in [2.75, 3.05) is 18.0 Å². The number of hydrogen-bond acceptors (Lipinski definition) is 10. The number of alkyl halides is 2. The molecule has 0 spiro atoms. The van der Waals surface area contributed by atoms with Crippen LogP contribution in [0.2, 0.25) is 0 Å². The maximum atomic E-state index is 16.1. The van der Waals surface area contributed by atoms with Gasteiger partial charge >= 0.3 is 12.2 Å². The number of hydrogen-bond donors (Lipinski definition) is 3. The number of halogens is 3. The van der Waals surface area contributed by atoms with Gasteiger partial charge in [-0.3, -0.25) is 4.79 Å². The molecule has 3 aromatic rings. The predicted octanol–water partition coefficient (Wildman–Crippen LogP) is 5.79. The summed E-state index contributed by atoms with van der Waals surface area (Å²) in [5.74, 6) is -5.96. The third-order valence-corrected chi connectivity index (χ3v) is 9.28. The van der Waals surface area contributed by atoms with Gasteiger partial charge in [0, 0.05) is 30.6 Å².